The Morgan fingerprint density at radius 3 is 1.67 bits per heavy atom. The van der Waals surface area contributed by atoms with Gasteiger partial charge in [-0.2, -0.15) is 0 Å². The van der Waals surface area contributed by atoms with Crippen molar-refractivity contribution in [3.05, 3.63) is 71.8 Å². The predicted molar refractivity (Wildman–Crippen MR) is 104 cm³/mol. The highest BCUT2D eigenvalue weighted by molar-refractivity contribution is 5.78. The van der Waals surface area contributed by atoms with Crippen LogP contribution >= 0.6 is 0 Å². The summed E-state index contributed by atoms with van der Waals surface area (Å²) in [5.41, 5.74) is 2.18. The molecule has 0 aliphatic rings. The average Bonchev–Trinajstić information content (AvgIpc) is 2.71. The Morgan fingerprint density at radius 1 is 0.815 bits per heavy atom. The smallest absolute Gasteiger partial charge is 0.323 e. The molecule has 0 saturated heterocycles. The van der Waals surface area contributed by atoms with Crippen molar-refractivity contribution >= 4 is 11.9 Å². The molecular formula is C22H27NO4. The second kappa shape index (κ2) is 10.5. The van der Waals surface area contributed by atoms with Crippen LogP contribution in [-0.2, 0) is 32.2 Å². The van der Waals surface area contributed by atoms with Crippen LogP contribution in [0, 0.1) is 5.92 Å². The lowest BCUT2D eigenvalue weighted by molar-refractivity contribution is -0.151. The zero-order valence-corrected chi connectivity index (χ0v) is 16.1. The highest BCUT2D eigenvalue weighted by Gasteiger charge is 2.31. The Hall–Kier alpha value is -2.66. The van der Waals surface area contributed by atoms with Gasteiger partial charge in [-0.05, 0) is 17.5 Å². The van der Waals surface area contributed by atoms with Crippen LogP contribution in [0.3, 0.4) is 0 Å². The predicted octanol–water partition coefficient (Wildman–Crippen LogP) is 3.43. The standard InChI is InChI=1S/C22H27NO4/c1-17(21(24)26-2)14-20(22(25)27-3)23(15-18-10-6-4-7-11-18)16-19-12-8-5-9-13-19/h4-13,17,20H,14-16H2,1-3H3/t17-,20+/m0/s1. The van der Waals surface area contributed by atoms with Crippen molar-refractivity contribution in [1.29, 1.82) is 0 Å². The van der Waals surface area contributed by atoms with Crippen LogP contribution in [-0.4, -0.2) is 37.1 Å². The van der Waals surface area contributed by atoms with Gasteiger partial charge in [0.25, 0.3) is 0 Å². The topological polar surface area (TPSA) is 55.8 Å². The number of rotatable bonds is 9. The first-order chi connectivity index (χ1) is 13.0. The van der Waals surface area contributed by atoms with Crippen molar-refractivity contribution in [3.8, 4) is 0 Å². The van der Waals surface area contributed by atoms with E-state index in [1.807, 2.05) is 60.7 Å². The SMILES string of the molecule is COC(=O)[C@@H](C[C@H](C)C(=O)OC)N(Cc1ccccc1)Cc1ccccc1. The van der Waals surface area contributed by atoms with Gasteiger partial charge in [0, 0.05) is 13.1 Å². The maximum Gasteiger partial charge on any atom is 0.323 e. The second-order valence-corrected chi connectivity index (χ2v) is 6.58. The van der Waals surface area contributed by atoms with Gasteiger partial charge >= 0.3 is 11.9 Å². The number of esters is 2. The molecule has 0 unspecified atom stereocenters. The molecule has 2 atom stereocenters. The Kier molecular flexibility index (Phi) is 8.01. The summed E-state index contributed by atoms with van der Waals surface area (Å²) in [7, 11) is 2.74. The molecule has 2 rings (SSSR count). The van der Waals surface area contributed by atoms with Crippen LogP contribution in [0.4, 0.5) is 0 Å². The molecule has 0 radical (unpaired) electrons. The summed E-state index contributed by atoms with van der Waals surface area (Å²) in [6, 6.07) is 19.4. The molecule has 144 valence electrons. The molecule has 5 nitrogen and oxygen atoms in total. The molecule has 2 aromatic carbocycles. The molecule has 0 heterocycles. The number of methoxy groups -OCH3 is 2. The molecule has 0 fully saturated rings. The zero-order chi connectivity index (χ0) is 19.6. The first-order valence-electron chi connectivity index (χ1n) is 9.02. The van der Waals surface area contributed by atoms with Gasteiger partial charge in [-0.1, -0.05) is 67.6 Å². The van der Waals surface area contributed by atoms with Gasteiger partial charge in [-0.15, -0.1) is 0 Å². The monoisotopic (exact) mass is 369 g/mol. The molecule has 0 aliphatic carbocycles. The minimum atomic E-state index is -0.551. The zero-order valence-electron chi connectivity index (χ0n) is 16.1. The molecule has 2 aromatic rings. The number of nitrogens with zero attached hydrogens (tertiary/aromatic N) is 1. The lowest BCUT2D eigenvalue weighted by Gasteiger charge is -2.31. The number of carbonyl (C=O) groups is 2. The van der Waals surface area contributed by atoms with E-state index < -0.39 is 12.0 Å². The number of ether oxygens (including phenoxy) is 2. The molecule has 0 aromatic heterocycles. The van der Waals surface area contributed by atoms with E-state index in [1.165, 1.54) is 14.2 Å². The summed E-state index contributed by atoms with van der Waals surface area (Å²) < 4.78 is 9.88. The molecule has 0 amide bonds. The largest absolute Gasteiger partial charge is 0.469 e. The number of carbonyl (C=O) groups excluding carboxylic acids is 2. The molecular weight excluding hydrogens is 342 g/mol. The van der Waals surface area contributed by atoms with Gasteiger partial charge in [-0.3, -0.25) is 14.5 Å². The normalized spacial score (nSPS) is 13.0. The summed E-state index contributed by atoms with van der Waals surface area (Å²) >= 11 is 0. The Balaban J connectivity index is 2.29. The van der Waals surface area contributed by atoms with Crippen LogP contribution in [0.2, 0.25) is 0 Å². The summed E-state index contributed by atoms with van der Waals surface area (Å²) in [5.74, 6) is -1.09. The van der Waals surface area contributed by atoms with Gasteiger partial charge in [0.05, 0.1) is 20.1 Å². The molecule has 0 bridgehead atoms. The molecule has 27 heavy (non-hydrogen) atoms. The van der Waals surface area contributed by atoms with Gasteiger partial charge in [0.1, 0.15) is 6.04 Å². The second-order valence-electron chi connectivity index (χ2n) is 6.58. The van der Waals surface area contributed by atoms with E-state index in [-0.39, 0.29) is 11.9 Å². The lowest BCUT2D eigenvalue weighted by Crippen LogP contribution is -2.43. The quantitative estimate of drug-likeness (QED) is 0.634. The fraction of sp³-hybridized carbons (Fsp3) is 0.364. The van der Waals surface area contributed by atoms with Gasteiger partial charge in [-0.25, -0.2) is 0 Å². The molecule has 0 N–H and O–H groups in total. The summed E-state index contributed by atoms with van der Waals surface area (Å²) in [6.45, 7) is 2.91. The van der Waals surface area contributed by atoms with Crippen LogP contribution in [0.15, 0.2) is 60.7 Å². The number of benzene rings is 2. The van der Waals surface area contributed by atoms with E-state index in [2.05, 4.69) is 4.90 Å². The number of hydrogen-bond donors (Lipinski definition) is 0. The minimum absolute atomic E-state index is 0.330. The highest BCUT2D eigenvalue weighted by Crippen LogP contribution is 2.20. The van der Waals surface area contributed by atoms with E-state index in [0.717, 1.165) is 11.1 Å². The summed E-state index contributed by atoms with van der Waals surface area (Å²) in [6.07, 6.45) is 0.332. The summed E-state index contributed by atoms with van der Waals surface area (Å²) in [4.78, 5) is 26.5. The van der Waals surface area contributed by atoms with E-state index in [0.29, 0.717) is 19.5 Å². The molecule has 0 saturated carbocycles. The third kappa shape index (κ3) is 6.22. The Bertz CT molecular complexity index is 676. The van der Waals surface area contributed by atoms with Crippen LogP contribution in [0.1, 0.15) is 24.5 Å². The van der Waals surface area contributed by atoms with Crippen LogP contribution in [0.25, 0.3) is 0 Å². The van der Waals surface area contributed by atoms with Gasteiger partial charge in [0.15, 0.2) is 0 Å². The summed E-state index contributed by atoms with van der Waals surface area (Å²) in [5, 5.41) is 0. The van der Waals surface area contributed by atoms with Gasteiger partial charge in [0.2, 0.25) is 0 Å². The van der Waals surface area contributed by atoms with Crippen molar-refractivity contribution in [1.82, 2.24) is 4.90 Å². The Morgan fingerprint density at radius 2 is 1.26 bits per heavy atom. The van der Waals surface area contributed by atoms with E-state index >= 15 is 0 Å². The van der Waals surface area contributed by atoms with Gasteiger partial charge < -0.3 is 9.47 Å². The lowest BCUT2D eigenvalue weighted by atomic mass is 9.99. The number of hydrogen-bond acceptors (Lipinski definition) is 5. The maximum atomic E-state index is 12.6. The molecule has 5 heteroatoms. The first kappa shape index (κ1) is 20.6. The highest BCUT2D eigenvalue weighted by atomic mass is 16.5. The maximum absolute atomic E-state index is 12.6. The van der Waals surface area contributed by atoms with E-state index in [9.17, 15) is 9.59 Å². The molecule has 0 spiro atoms. The van der Waals surface area contributed by atoms with Crippen molar-refractivity contribution in [3.63, 3.8) is 0 Å². The first-order valence-corrected chi connectivity index (χ1v) is 9.02. The Labute approximate surface area is 160 Å². The van der Waals surface area contributed by atoms with Crippen molar-refractivity contribution < 1.29 is 19.1 Å². The van der Waals surface area contributed by atoms with Crippen LogP contribution in [0.5, 0.6) is 0 Å². The van der Waals surface area contributed by atoms with Crippen molar-refractivity contribution in [2.75, 3.05) is 14.2 Å². The average molecular weight is 369 g/mol. The minimum Gasteiger partial charge on any atom is -0.469 e. The molecule has 0 aliphatic heterocycles. The van der Waals surface area contributed by atoms with E-state index in [1.54, 1.807) is 6.92 Å². The third-order valence-corrected chi connectivity index (χ3v) is 4.55. The fourth-order valence-electron chi connectivity index (χ4n) is 3.07. The van der Waals surface area contributed by atoms with Crippen molar-refractivity contribution in [2.45, 2.75) is 32.5 Å². The van der Waals surface area contributed by atoms with Crippen LogP contribution < -0.4 is 0 Å². The fourth-order valence-corrected chi connectivity index (χ4v) is 3.07. The van der Waals surface area contributed by atoms with Crippen molar-refractivity contribution in [2.24, 2.45) is 5.92 Å². The third-order valence-electron chi connectivity index (χ3n) is 4.55. The van der Waals surface area contributed by atoms with E-state index in [4.69, 9.17) is 9.47 Å².